The van der Waals surface area contributed by atoms with Crippen molar-refractivity contribution in [2.75, 3.05) is 0 Å². The highest BCUT2D eigenvalue weighted by molar-refractivity contribution is 6.13. The van der Waals surface area contributed by atoms with Crippen molar-refractivity contribution in [1.29, 1.82) is 0 Å². The van der Waals surface area contributed by atoms with Crippen LogP contribution in [0.25, 0.3) is 61.1 Å². The second-order valence-corrected chi connectivity index (χ2v) is 13.9. The van der Waals surface area contributed by atoms with Crippen LogP contribution in [0.4, 0.5) is 0 Å². The van der Waals surface area contributed by atoms with E-state index in [9.17, 15) is 0 Å². The fraction of sp³-hybridized carbons (Fsp3) is 0.0625. The first kappa shape index (κ1) is 27.7. The van der Waals surface area contributed by atoms with E-state index in [4.69, 9.17) is 4.98 Å². The van der Waals surface area contributed by atoms with Crippen LogP contribution in [0.5, 0.6) is 0 Å². The summed E-state index contributed by atoms with van der Waals surface area (Å²) in [6.45, 7) is 0. The zero-order valence-corrected chi connectivity index (χ0v) is 27.4. The van der Waals surface area contributed by atoms with Gasteiger partial charge in [-0.25, -0.2) is 4.98 Å². The molecule has 0 N–H and O–H groups in total. The van der Waals surface area contributed by atoms with Gasteiger partial charge in [0.1, 0.15) is 0 Å². The second kappa shape index (κ2) is 10.4. The second-order valence-electron chi connectivity index (χ2n) is 13.9. The lowest BCUT2D eigenvalue weighted by Crippen LogP contribution is -2.38. The first-order valence-corrected chi connectivity index (χ1v) is 17.6. The molecule has 0 bridgehead atoms. The number of fused-ring (bicyclic) bond motifs is 12. The Hall–Kier alpha value is -6.25. The van der Waals surface area contributed by atoms with E-state index in [1.165, 1.54) is 60.9 Å². The molecular weight excluding hydrogens is 605 g/mol. The van der Waals surface area contributed by atoms with Crippen LogP contribution in [0.1, 0.15) is 28.2 Å². The van der Waals surface area contributed by atoms with Gasteiger partial charge in [0, 0.05) is 33.7 Å². The summed E-state index contributed by atoms with van der Waals surface area (Å²) in [7, 11) is 0. The van der Waals surface area contributed by atoms with Gasteiger partial charge in [0.05, 0.1) is 33.5 Å². The number of pyridine rings is 1. The van der Waals surface area contributed by atoms with Crippen molar-refractivity contribution < 1.29 is 0 Å². The lowest BCUT2D eigenvalue weighted by atomic mass is 9.61. The molecule has 2 aliphatic carbocycles. The molecule has 0 saturated heterocycles. The number of para-hydroxylation sites is 2. The summed E-state index contributed by atoms with van der Waals surface area (Å²) in [6.07, 6.45) is 9.41. The molecule has 234 valence electrons. The number of rotatable bonds is 3. The Morgan fingerprint density at radius 1 is 0.480 bits per heavy atom. The Labute approximate surface area is 291 Å². The molecule has 0 amide bonds. The predicted octanol–water partition coefficient (Wildman–Crippen LogP) is 11.7. The summed E-state index contributed by atoms with van der Waals surface area (Å²) in [5.74, 6) is 0.544. The normalized spacial score (nSPS) is 19.5. The Bertz CT molecular complexity index is 2660. The standard InChI is InChI=1S/C48H32N2/c1-3-15-31(16-4-1)43-29-34(30-44(49-43)32-17-5-2-6-18-32)33-27-38-37-21-9-13-25-45(37)50-46-26-14-12-24-41(46)48(42(28-33)47(38)50)39-22-10-7-19-35(39)36-20-8-11-23-40(36)48/h1-30,35,39H. The molecule has 6 aromatic carbocycles. The van der Waals surface area contributed by atoms with Crippen LogP contribution >= 0.6 is 0 Å². The van der Waals surface area contributed by atoms with Crippen LogP contribution in [-0.2, 0) is 5.41 Å². The number of benzene rings is 6. The van der Waals surface area contributed by atoms with E-state index >= 15 is 0 Å². The van der Waals surface area contributed by atoms with E-state index in [1.807, 2.05) is 0 Å². The van der Waals surface area contributed by atoms with Gasteiger partial charge in [0.25, 0.3) is 0 Å². The van der Waals surface area contributed by atoms with Crippen molar-refractivity contribution in [3.05, 3.63) is 204 Å². The fourth-order valence-corrected chi connectivity index (χ4v) is 9.47. The summed E-state index contributed by atoms with van der Waals surface area (Å²) in [6, 6.07) is 58.0. The molecule has 1 aliphatic heterocycles. The van der Waals surface area contributed by atoms with E-state index in [2.05, 4.69) is 187 Å². The van der Waals surface area contributed by atoms with Gasteiger partial charge in [-0.15, -0.1) is 0 Å². The van der Waals surface area contributed by atoms with Crippen molar-refractivity contribution in [2.45, 2.75) is 11.3 Å². The van der Waals surface area contributed by atoms with E-state index in [0.717, 1.165) is 22.5 Å². The van der Waals surface area contributed by atoms with Gasteiger partial charge in [0.15, 0.2) is 0 Å². The average molecular weight is 637 g/mol. The van der Waals surface area contributed by atoms with Gasteiger partial charge in [-0.2, -0.15) is 0 Å². The van der Waals surface area contributed by atoms with Gasteiger partial charge in [-0.05, 0) is 69.8 Å². The summed E-state index contributed by atoms with van der Waals surface area (Å²) in [5.41, 5.74) is 15.6. The van der Waals surface area contributed by atoms with Gasteiger partial charge in [-0.1, -0.05) is 146 Å². The molecule has 2 heteroatoms. The summed E-state index contributed by atoms with van der Waals surface area (Å²) >= 11 is 0. The maximum absolute atomic E-state index is 5.23. The van der Waals surface area contributed by atoms with E-state index in [0.29, 0.717) is 5.92 Å². The monoisotopic (exact) mass is 636 g/mol. The topological polar surface area (TPSA) is 17.8 Å². The maximum Gasteiger partial charge on any atom is 0.0715 e. The Morgan fingerprint density at radius 2 is 1.10 bits per heavy atom. The minimum atomic E-state index is -0.366. The lowest BCUT2D eigenvalue weighted by molar-refractivity contribution is 0.454. The first-order chi connectivity index (χ1) is 24.8. The molecule has 3 aliphatic rings. The lowest BCUT2D eigenvalue weighted by Gasteiger charge is -2.43. The number of hydrogen-bond donors (Lipinski definition) is 0. The molecule has 11 rings (SSSR count). The SMILES string of the molecule is C1=CC2c3ccccc3C3(c4ccccc4-n4c5ccccc5c5cc(-c6cc(-c7ccccc7)nc(-c7ccccc7)c6)cc3c54)C2C=C1. The molecule has 0 radical (unpaired) electrons. The average Bonchev–Trinajstić information content (AvgIpc) is 3.69. The van der Waals surface area contributed by atoms with E-state index in [1.54, 1.807) is 0 Å². The van der Waals surface area contributed by atoms with Crippen molar-refractivity contribution in [1.82, 2.24) is 9.55 Å². The highest BCUT2D eigenvalue weighted by Gasteiger charge is 2.56. The van der Waals surface area contributed by atoms with Crippen molar-refractivity contribution in [3.63, 3.8) is 0 Å². The molecule has 2 nitrogen and oxygen atoms in total. The molecular formula is C48H32N2. The quantitative estimate of drug-likeness (QED) is 0.189. The highest BCUT2D eigenvalue weighted by atomic mass is 15.0. The van der Waals surface area contributed by atoms with Crippen LogP contribution in [0.3, 0.4) is 0 Å². The third-order valence-corrected chi connectivity index (χ3v) is 11.4. The van der Waals surface area contributed by atoms with Gasteiger partial charge in [-0.3, -0.25) is 0 Å². The Kier molecular flexibility index (Phi) is 5.74. The molecule has 2 aromatic heterocycles. The number of nitrogens with zero attached hydrogens (tertiary/aromatic N) is 2. The summed E-state index contributed by atoms with van der Waals surface area (Å²) < 4.78 is 2.54. The maximum atomic E-state index is 5.23. The zero-order chi connectivity index (χ0) is 32.8. The third-order valence-electron chi connectivity index (χ3n) is 11.4. The largest absolute Gasteiger partial charge is 0.309 e. The number of hydrogen-bond acceptors (Lipinski definition) is 1. The van der Waals surface area contributed by atoms with Crippen LogP contribution in [0.2, 0.25) is 0 Å². The Morgan fingerprint density at radius 3 is 1.88 bits per heavy atom. The molecule has 8 aromatic rings. The van der Waals surface area contributed by atoms with Crippen LogP contribution in [0.15, 0.2) is 182 Å². The van der Waals surface area contributed by atoms with Crippen LogP contribution < -0.4 is 0 Å². The van der Waals surface area contributed by atoms with Crippen molar-refractivity contribution >= 4 is 21.8 Å². The molecule has 1 spiro atoms. The van der Waals surface area contributed by atoms with E-state index < -0.39 is 0 Å². The van der Waals surface area contributed by atoms with Crippen LogP contribution in [-0.4, -0.2) is 9.55 Å². The zero-order valence-electron chi connectivity index (χ0n) is 27.4. The summed E-state index contributed by atoms with van der Waals surface area (Å²) in [5, 5.41) is 2.57. The summed E-state index contributed by atoms with van der Waals surface area (Å²) in [4.78, 5) is 5.23. The predicted molar refractivity (Wildman–Crippen MR) is 206 cm³/mol. The first-order valence-electron chi connectivity index (χ1n) is 17.6. The molecule has 50 heavy (non-hydrogen) atoms. The van der Waals surface area contributed by atoms with Gasteiger partial charge >= 0.3 is 0 Å². The van der Waals surface area contributed by atoms with Crippen molar-refractivity contribution in [2.24, 2.45) is 5.92 Å². The Balaban J connectivity index is 1.29. The number of aromatic nitrogens is 2. The molecule has 3 unspecified atom stereocenters. The van der Waals surface area contributed by atoms with Gasteiger partial charge < -0.3 is 4.57 Å². The third kappa shape index (κ3) is 3.65. The highest BCUT2D eigenvalue weighted by Crippen LogP contribution is 2.63. The van der Waals surface area contributed by atoms with Crippen LogP contribution in [0, 0.1) is 5.92 Å². The molecule has 3 atom stereocenters. The van der Waals surface area contributed by atoms with Crippen molar-refractivity contribution in [3.8, 4) is 39.3 Å². The fourth-order valence-electron chi connectivity index (χ4n) is 9.47. The molecule has 0 saturated carbocycles. The van der Waals surface area contributed by atoms with E-state index in [-0.39, 0.29) is 11.3 Å². The number of allylic oxidation sites excluding steroid dienone is 4. The molecule has 0 fully saturated rings. The minimum absolute atomic E-state index is 0.244. The van der Waals surface area contributed by atoms with Gasteiger partial charge in [0.2, 0.25) is 0 Å². The smallest absolute Gasteiger partial charge is 0.0715 e. The minimum Gasteiger partial charge on any atom is -0.309 e. The molecule has 3 heterocycles.